The van der Waals surface area contributed by atoms with E-state index in [2.05, 4.69) is 23.7 Å². The van der Waals surface area contributed by atoms with Crippen LogP contribution < -0.4 is 9.47 Å². The van der Waals surface area contributed by atoms with Gasteiger partial charge in [-0.3, -0.25) is 0 Å². The molecule has 0 amide bonds. The van der Waals surface area contributed by atoms with E-state index in [1.54, 1.807) is 19.1 Å². The van der Waals surface area contributed by atoms with Crippen LogP contribution in [0.5, 0.6) is 11.5 Å². The molecule has 0 N–H and O–H groups in total. The highest BCUT2D eigenvalue weighted by Crippen LogP contribution is 2.31. The third-order valence-electron chi connectivity index (χ3n) is 8.88. The maximum atomic E-state index is 12.9. The molecule has 3 aromatic rings. The zero-order chi connectivity index (χ0) is 40.7. The maximum absolute atomic E-state index is 12.9. The first-order valence-electron chi connectivity index (χ1n) is 19.8. The molecule has 56 heavy (non-hydrogen) atoms. The lowest BCUT2D eigenvalue weighted by molar-refractivity contribution is -0.153. The average molecular weight is 771 g/mol. The highest BCUT2D eigenvalue weighted by atomic mass is 16.6. The summed E-state index contributed by atoms with van der Waals surface area (Å²) < 4.78 is 27.1. The van der Waals surface area contributed by atoms with Crippen LogP contribution in [0.2, 0.25) is 0 Å². The molecule has 0 saturated carbocycles. The van der Waals surface area contributed by atoms with Crippen molar-refractivity contribution in [2.45, 2.75) is 118 Å². The Morgan fingerprint density at radius 2 is 1.16 bits per heavy atom. The first kappa shape index (κ1) is 45.1. The summed E-state index contributed by atoms with van der Waals surface area (Å²) in [6.07, 6.45) is 11.6. The molecule has 0 saturated heterocycles. The number of benzene rings is 3. The van der Waals surface area contributed by atoms with Crippen molar-refractivity contribution in [3.8, 4) is 11.5 Å². The molecule has 0 bridgehead atoms. The molecule has 11 nitrogen and oxygen atoms in total. The summed E-state index contributed by atoms with van der Waals surface area (Å²) in [4.78, 5) is 49.0. The second kappa shape index (κ2) is 25.0. The third-order valence-corrected chi connectivity index (χ3v) is 8.88. The summed E-state index contributed by atoms with van der Waals surface area (Å²) in [7, 11) is 0. The van der Waals surface area contributed by atoms with Crippen molar-refractivity contribution in [1.82, 2.24) is 0 Å². The van der Waals surface area contributed by atoms with Gasteiger partial charge in [0.2, 0.25) is 0 Å². The van der Waals surface area contributed by atoms with Crippen LogP contribution in [0, 0.1) is 13.8 Å². The topological polar surface area (TPSA) is 139 Å². The smallest absolute Gasteiger partial charge is 0.347 e. The molecule has 0 aliphatic carbocycles. The minimum atomic E-state index is -1.05. The molecule has 0 aliphatic heterocycles. The molecular weight excluding hydrogens is 712 g/mol. The number of hydrogen-bond acceptors (Lipinski definition) is 11. The van der Waals surface area contributed by atoms with E-state index in [-0.39, 0.29) is 17.1 Å². The largest absolute Gasteiger partial charge is 0.494 e. The molecule has 0 radical (unpaired) electrons. The quantitative estimate of drug-likeness (QED) is 0.0206. The molecule has 1 atom stereocenters. The van der Waals surface area contributed by atoms with E-state index in [1.165, 1.54) is 50.5 Å². The fraction of sp³-hybridized carbons (Fsp3) is 0.467. The van der Waals surface area contributed by atoms with Gasteiger partial charge in [0, 0.05) is 5.57 Å². The maximum Gasteiger partial charge on any atom is 0.347 e. The van der Waals surface area contributed by atoms with Crippen molar-refractivity contribution in [1.29, 1.82) is 0 Å². The Morgan fingerprint density at radius 1 is 0.643 bits per heavy atom. The molecule has 3 rings (SSSR count). The molecular formula is C45H58N2O9. The zero-order valence-corrected chi connectivity index (χ0v) is 33.7. The second-order valence-corrected chi connectivity index (χ2v) is 13.9. The van der Waals surface area contributed by atoms with E-state index >= 15 is 0 Å². The molecule has 3 aromatic carbocycles. The van der Waals surface area contributed by atoms with E-state index in [1.807, 2.05) is 38.1 Å². The minimum Gasteiger partial charge on any atom is -0.494 e. The Kier molecular flexibility index (Phi) is 20.1. The number of nitrogens with zero attached hydrogens (tertiary/aromatic N) is 2. The van der Waals surface area contributed by atoms with Gasteiger partial charge in [-0.2, -0.15) is 10.2 Å². The fourth-order valence-corrected chi connectivity index (χ4v) is 5.60. The summed E-state index contributed by atoms with van der Waals surface area (Å²) in [5.74, 6) is -1.06. The molecule has 0 fully saturated rings. The van der Waals surface area contributed by atoms with Gasteiger partial charge in [-0.25, -0.2) is 19.2 Å². The van der Waals surface area contributed by atoms with Crippen molar-refractivity contribution >= 4 is 35.3 Å². The first-order chi connectivity index (χ1) is 27.0. The number of hydrogen-bond donors (Lipinski definition) is 0. The van der Waals surface area contributed by atoms with E-state index in [0.717, 1.165) is 74.7 Å². The van der Waals surface area contributed by atoms with Gasteiger partial charge in [-0.05, 0) is 119 Å². The van der Waals surface area contributed by atoms with Gasteiger partial charge in [0.15, 0.2) is 6.10 Å². The lowest BCUT2D eigenvalue weighted by Crippen LogP contribution is -2.26. The van der Waals surface area contributed by atoms with Crippen LogP contribution in [-0.2, 0) is 23.8 Å². The molecule has 0 heterocycles. The summed E-state index contributed by atoms with van der Waals surface area (Å²) in [6, 6.07) is 16.8. The molecule has 11 heteroatoms. The Labute approximate surface area is 331 Å². The Morgan fingerprint density at radius 3 is 1.73 bits per heavy atom. The van der Waals surface area contributed by atoms with Crippen LogP contribution in [0.4, 0.5) is 11.4 Å². The summed E-state index contributed by atoms with van der Waals surface area (Å²) >= 11 is 0. The van der Waals surface area contributed by atoms with Crippen LogP contribution in [0.15, 0.2) is 83.0 Å². The van der Waals surface area contributed by atoms with Crippen molar-refractivity contribution < 1.29 is 42.9 Å². The third kappa shape index (κ3) is 16.6. The van der Waals surface area contributed by atoms with Gasteiger partial charge in [0.25, 0.3) is 0 Å². The molecule has 0 spiro atoms. The highest BCUT2D eigenvalue weighted by Gasteiger charge is 2.21. The number of ether oxygens (including phenoxy) is 5. The van der Waals surface area contributed by atoms with Crippen LogP contribution >= 0.6 is 0 Å². The molecule has 0 unspecified atom stereocenters. The molecule has 302 valence electrons. The number of esters is 4. The standard InChI is InChI=1S/C45H58N2O9/c1-7-8-9-16-29-54-43(49)35(6)55-44(50)36-19-21-37(22-20-36)45(51)56-40-30-33(4)41(34(5)31-40)47-46-38-23-25-39(26-24-38)52-27-17-14-12-10-11-13-15-18-28-53-42(48)32(2)3/h19-26,30-31,35H,2,7-18,27-29H2,1,3-6H3/t35-/m0/s1. The van der Waals surface area contributed by atoms with Crippen LogP contribution in [-0.4, -0.2) is 49.8 Å². The summed E-state index contributed by atoms with van der Waals surface area (Å²) in [5, 5.41) is 8.86. The predicted molar refractivity (Wildman–Crippen MR) is 216 cm³/mol. The van der Waals surface area contributed by atoms with Crippen LogP contribution in [0.1, 0.15) is 130 Å². The number of carbonyl (C=O) groups is 4. The number of rotatable bonds is 25. The fourth-order valence-electron chi connectivity index (χ4n) is 5.60. The number of azo groups is 1. The van der Waals surface area contributed by atoms with E-state index in [9.17, 15) is 19.2 Å². The van der Waals surface area contributed by atoms with Crippen LogP contribution in [0.25, 0.3) is 0 Å². The van der Waals surface area contributed by atoms with Crippen LogP contribution in [0.3, 0.4) is 0 Å². The lowest BCUT2D eigenvalue weighted by Gasteiger charge is -2.13. The summed E-state index contributed by atoms with van der Waals surface area (Å²) in [5.41, 5.74) is 3.79. The lowest BCUT2D eigenvalue weighted by atomic mass is 10.1. The summed E-state index contributed by atoms with van der Waals surface area (Å²) in [6.45, 7) is 14.0. The normalized spacial score (nSPS) is 11.5. The van der Waals surface area contributed by atoms with Gasteiger partial charge in [0.05, 0.1) is 42.3 Å². The minimum absolute atomic E-state index is 0.191. The zero-order valence-electron chi connectivity index (χ0n) is 33.7. The van der Waals surface area contributed by atoms with E-state index in [4.69, 9.17) is 23.7 Å². The molecule has 0 aliphatic rings. The van der Waals surface area contributed by atoms with Crippen molar-refractivity contribution in [2.24, 2.45) is 10.2 Å². The van der Waals surface area contributed by atoms with E-state index in [0.29, 0.717) is 42.5 Å². The Balaban J connectivity index is 1.37. The number of carbonyl (C=O) groups excluding carboxylic acids is 4. The highest BCUT2D eigenvalue weighted by molar-refractivity contribution is 5.95. The Bertz CT molecular complexity index is 1730. The monoisotopic (exact) mass is 770 g/mol. The average Bonchev–Trinajstić information content (AvgIpc) is 3.18. The van der Waals surface area contributed by atoms with Gasteiger partial charge in [0.1, 0.15) is 11.5 Å². The van der Waals surface area contributed by atoms with Gasteiger partial charge in [-0.1, -0.05) is 71.3 Å². The number of unbranched alkanes of at least 4 members (excludes halogenated alkanes) is 10. The molecule has 0 aromatic heterocycles. The van der Waals surface area contributed by atoms with E-state index < -0.39 is 24.0 Å². The van der Waals surface area contributed by atoms with Crippen molar-refractivity contribution in [2.75, 3.05) is 19.8 Å². The first-order valence-corrected chi connectivity index (χ1v) is 19.8. The van der Waals surface area contributed by atoms with Gasteiger partial charge < -0.3 is 23.7 Å². The Hall–Kier alpha value is -5.32. The number of aryl methyl sites for hydroxylation is 2. The van der Waals surface area contributed by atoms with Crippen molar-refractivity contribution in [3.05, 3.63) is 95.1 Å². The van der Waals surface area contributed by atoms with Gasteiger partial charge >= 0.3 is 23.9 Å². The van der Waals surface area contributed by atoms with Crippen molar-refractivity contribution in [3.63, 3.8) is 0 Å². The SMILES string of the molecule is C=C(C)C(=O)OCCCCCCCCCCOc1ccc(N=Nc2c(C)cc(OC(=O)c3ccc(C(=O)O[C@@H](C)C(=O)OCCCCCC)cc3)cc2C)cc1. The second-order valence-electron chi connectivity index (χ2n) is 13.9. The van der Waals surface area contributed by atoms with Gasteiger partial charge in [-0.15, -0.1) is 0 Å². The predicted octanol–water partition coefficient (Wildman–Crippen LogP) is 11.2.